The highest BCUT2D eigenvalue weighted by molar-refractivity contribution is 7.98. The summed E-state index contributed by atoms with van der Waals surface area (Å²) < 4.78 is 15.5. The van der Waals surface area contributed by atoms with E-state index in [-0.39, 0.29) is 5.56 Å². The quantitative estimate of drug-likeness (QED) is 0.474. The fourth-order valence-corrected chi connectivity index (χ4v) is 4.76. The molecule has 0 bridgehead atoms. The van der Waals surface area contributed by atoms with E-state index in [0.717, 1.165) is 16.3 Å². The van der Waals surface area contributed by atoms with Crippen molar-refractivity contribution in [3.8, 4) is 0 Å². The lowest BCUT2D eigenvalue weighted by Crippen LogP contribution is -2.07. The molecule has 4 nitrogen and oxygen atoms in total. The van der Waals surface area contributed by atoms with E-state index in [4.69, 9.17) is 0 Å². The Morgan fingerprint density at radius 2 is 1.62 bits per heavy atom. The fourth-order valence-electron chi connectivity index (χ4n) is 3.05. The normalized spacial score (nSPS) is 11.8. The van der Waals surface area contributed by atoms with Gasteiger partial charge in [0.25, 0.3) is 0 Å². The van der Waals surface area contributed by atoms with E-state index in [1.165, 1.54) is 22.8 Å². The van der Waals surface area contributed by atoms with Gasteiger partial charge in [0, 0.05) is 16.3 Å². The summed E-state index contributed by atoms with van der Waals surface area (Å²) in [6.45, 7) is 5.93. The van der Waals surface area contributed by atoms with Crippen molar-refractivity contribution in [2.45, 2.75) is 36.3 Å². The number of rotatable bonds is 7. The van der Waals surface area contributed by atoms with Crippen LogP contribution in [0.25, 0.3) is 0 Å². The number of hydrogen-bond donors (Lipinski definition) is 2. The van der Waals surface area contributed by atoms with Crippen molar-refractivity contribution in [1.82, 2.24) is 0 Å². The van der Waals surface area contributed by atoms with Gasteiger partial charge in [0.15, 0.2) is 0 Å². The zero-order valence-corrected chi connectivity index (χ0v) is 18.2. The molecule has 0 aliphatic heterocycles. The number of nitrogens with one attached hydrogen (secondary N) is 1. The summed E-state index contributed by atoms with van der Waals surface area (Å²) in [6, 6.07) is 19.1. The third kappa shape index (κ3) is 5.71. The highest BCUT2D eigenvalue weighted by Gasteiger charge is 2.11. The van der Waals surface area contributed by atoms with Gasteiger partial charge in [-0.2, -0.15) is 0 Å². The molecule has 0 radical (unpaired) electrons. The van der Waals surface area contributed by atoms with Gasteiger partial charge in [-0.3, -0.25) is 0 Å². The molecular formula is C23H23NO3S2. The molecule has 0 fully saturated rings. The number of benzene rings is 3. The van der Waals surface area contributed by atoms with Gasteiger partial charge < -0.3 is 9.83 Å². The predicted molar refractivity (Wildman–Crippen MR) is 120 cm³/mol. The summed E-state index contributed by atoms with van der Waals surface area (Å²) in [5, 5.41) is 9.23. The maximum Gasteiger partial charge on any atom is 0.335 e. The van der Waals surface area contributed by atoms with E-state index in [9.17, 15) is 14.1 Å². The minimum absolute atomic E-state index is 0.163. The van der Waals surface area contributed by atoms with Crippen molar-refractivity contribution in [2.75, 3.05) is 4.72 Å². The van der Waals surface area contributed by atoms with Crippen molar-refractivity contribution >= 4 is 34.4 Å². The standard InChI is InChI=1S/C23H23NO3S2/c1-15-10-16(2)12-18(11-15)14-28-20-7-5-19(6-8-20)24-29(27)21-9-4-17(3)22(13-21)23(25)26/h4-13,24H,14H2,1-3H3,(H,25,26). The van der Waals surface area contributed by atoms with Gasteiger partial charge in [0.2, 0.25) is 0 Å². The van der Waals surface area contributed by atoms with Crippen molar-refractivity contribution in [3.63, 3.8) is 0 Å². The summed E-state index contributed by atoms with van der Waals surface area (Å²) in [7, 11) is -1.53. The van der Waals surface area contributed by atoms with E-state index in [1.54, 1.807) is 30.8 Å². The second-order valence-corrected chi connectivity index (χ2v) is 9.22. The second kappa shape index (κ2) is 9.29. The van der Waals surface area contributed by atoms with Crippen LogP contribution < -0.4 is 4.72 Å². The maximum absolute atomic E-state index is 12.6. The molecule has 0 aliphatic carbocycles. The third-order valence-electron chi connectivity index (χ3n) is 4.41. The van der Waals surface area contributed by atoms with Crippen LogP contribution in [-0.4, -0.2) is 15.3 Å². The monoisotopic (exact) mass is 425 g/mol. The summed E-state index contributed by atoms with van der Waals surface area (Å²) >= 11 is 1.75. The molecule has 1 unspecified atom stereocenters. The van der Waals surface area contributed by atoms with E-state index in [1.807, 2.05) is 24.3 Å². The fraction of sp³-hybridized carbons (Fsp3) is 0.174. The zero-order chi connectivity index (χ0) is 21.0. The van der Waals surface area contributed by atoms with Gasteiger partial charge in [0.1, 0.15) is 11.0 Å². The minimum Gasteiger partial charge on any atom is -0.478 e. The number of anilines is 1. The second-order valence-electron chi connectivity index (χ2n) is 6.96. The molecule has 2 N–H and O–H groups in total. The van der Waals surface area contributed by atoms with E-state index >= 15 is 0 Å². The lowest BCUT2D eigenvalue weighted by Gasteiger charge is -2.09. The average molecular weight is 426 g/mol. The molecule has 3 aromatic carbocycles. The highest BCUT2D eigenvalue weighted by Crippen LogP contribution is 2.26. The van der Waals surface area contributed by atoms with E-state index < -0.39 is 17.0 Å². The molecule has 0 aromatic heterocycles. The molecule has 6 heteroatoms. The SMILES string of the molecule is Cc1cc(C)cc(CSc2ccc(NS(=O)c3ccc(C)c(C(=O)O)c3)cc2)c1. The van der Waals surface area contributed by atoms with Crippen molar-refractivity contribution < 1.29 is 14.1 Å². The molecule has 0 saturated heterocycles. The first-order valence-electron chi connectivity index (χ1n) is 9.14. The zero-order valence-electron chi connectivity index (χ0n) is 16.6. The van der Waals surface area contributed by atoms with Crippen LogP contribution in [0.2, 0.25) is 0 Å². The molecule has 29 heavy (non-hydrogen) atoms. The Bertz CT molecular complexity index is 1040. The summed E-state index contributed by atoms with van der Waals surface area (Å²) in [5.74, 6) is -0.130. The van der Waals surface area contributed by atoms with Gasteiger partial charge in [0.05, 0.1) is 10.5 Å². The summed E-state index contributed by atoms with van der Waals surface area (Å²) in [6.07, 6.45) is 0. The number of hydrogen-bond acceptors (Lipinski definition) is 3. The van der Waals surface area contributed by atoms with Crippen molar-refractivity contribution in [3.05, 3.63) is 88.5 Å². The number of aromatic carboxylic acids is 1. The number of carboxylic acid groups (broad SMARTS) is 1. The summed E-state index contributed by atoms with van der Waals surface area (Å²) in [5.41, 5.74) is 5.36. The number of carboxylic acids is 1. The Balaban J connectivity index is 1.63. The van der Waals surface area contributed by atoms with Gasteiger partial charge >= 0.3 is 5.97 Å². The van der Waals surface area contributed by atoms with Crippen LogP contribution in [0.5, 0.6) is 0 Å². The molecule has 0 amide bonds. The van der Waals surface area contributed by atoms with Crippen molar-refractivity contribution in [2.24, 2.45) is 0 Å². The van der Waals surface area contributed by atoms with E-state index in [0.29, 0.717) is 10.5 Å². The van der Waals surface area contributed by atoms with Gasteiger partial charge in [-0.25, -0.2) is 9.00 Å². The summed E-state index contributed by atoms with van der Waals surface area (Å²) in [4.78, 5) is 12.8. The third-order valence-corrected chi connectivity index (χ3v) is 6.59. The first-order valence-corrected chi connectivity index (χ1v) is 11.3. The first-order chi connectivity index (χ1) is 13.8. The molecule has 150 valence electrons. The van der Waals surface area contributed by atoms with Crippen LogP contribution >= 0.6 is 11.8 Å². The van der Waals surface area contributed by atoms with Crippen LogP contribution in [0.15, 0.2) is 70.5 Å². The Kier molecular flexibility index (Phi) is 6.77. The Morgan fingerprint density at radius 1 is 0.966 bits per heavy atom. The first kappa shape index (κ1) is 21.1. The van der Waals surface area contributed by atoms with Crippen LogP contribution in [0.1, 0.15) is 32.6 Å². The van der Waals surface area contributed by atoms with Gasteiger partial charge in [-0.1, -0.05) is 35.4 Å². The van der Waals surface area contributed by atoms with Crippen molar-refractivity contribution in [1.29, 1.82) is 0 Å². The van der Waals surface area contributed by atoms with Gasteiger partial charge in [-0.05, 0) is 68.3 Å². The van der Waals surface area contributed by atoms with Gasteiger partial charge in [-0.15, -0.1) is 11.8 Å². The largest absolute Gasteiger partial charge is 0.478 e. The highest BCUT2D eigenvalue weighted by atomic mass is 32.2. The number of carbonyl (C=O) groups is 1. The Morgan fingerprint density at radius 3 is 2.24 bits per heavy atom. The van der Waals surface area contributed by atoms with Crippen LogP contribution in [0.3, 0.4) is 0 Å². The molecule has 3 aromatic rings. The Hall–Kier alpha value is -2.57. The molecule has 0 spiro atoms. The molecule has 1 atom stereocenters. The minimum atomic E-state index is -1.53. The maximum atomic E-state index is 12.6. The molecule has 3 rings (SSSR count). The predicted octanol–water partition coefficient (Wildman–Crippen LogP) is 5.74. The molecular weight excluding hydrogens is 402 g/mol. The lowest BCUT2D eigenvalue weighted by atomic mass is 10.1. The molecule has 0 aliphatic rings. The molecule has 0 heterocycles. The van der Waals surface area contributed by atoms with Crippen LogP contribution in [0.4, 0.5) is 5.69 Å². The number of aryl methyl sites for hydroxylation is 3. The van der Waals surface area contributed by atoms with Crippen LogP contribution in [0, 0.1) is 20.8 Å². The van der Waals surface area contributed by atoms with Crippen LogP contribution in [-0.2, 0) is 16.7 Å². The smallest absolute Gasteiger partial charge is 0.335 e. The molecule has 0 saturated carbocycles. The van der Waals surface area contributed by atoms with E-state index in [2.05, 4.69) is 36.8 Å². The topological polar surface area (TPSA) is 66.4 Å². The average Bonchev–Trinajstić information content (AvgIpc) is 2.67. The number of thioether (sulfide) groups is 1. The Labute approximate surface area is 178 Å². The lowest BCUT2D eigenvalue weighted by molar-refractivity contribution is 0.0696.